The summed E-state index contributed by atoms with van der Waals surface area (Å²) in [6.45, 7) is 8.57. The largest absolute Gasteiger partial charge is 0.469 e. The first-order chi connectivity index (χ1) is 8.19. The zero-order valence-electron chi connectivity index (χ0n) is 11.0. The van der Waals surface area contributed by atoms with Gasteiger partial charge in [-0.25, -0.2) is 0 Å². The number of esters is 1. The van der Waals surface area contributed by atoms with Crippen LogP contribution in [0.25, 0.3) is 0 Å². The highest BCUT2D eigenvalue weighted by Crippen LogP contribution is 2.29. The first-order valence-corrected chi connectivity index (χ1v) is 6.71. The van der Waals surface area contributed by atoms with Crippen molar-refractivity contribution < 1.29 is 9.53 Å². The van der Waals surface area contributed by atoms with Crippen molar-refractivity contribution in [3.63, 3.8) is 0 Å². The number of ether oxygens (including phenoxy) is 1. The van der Waals surface area contributed by atoms with Gasteiger partial charge in [-0.2, -0.15) is 0 Å². The summed E-state index contributed by atoms with van der Waals surface area (Å²) in [6.07, 6.45) is 2.86. The molecule has 0 spiro atoms. The van der Waals surface area contributed by atoms with Crippen molar-refractivity contribution in [3.8, 4) is 0 Å². The van der Waals surface area contributed by atoms with Crippen molar-refractivity contribution in [3.05, 3.63) is 0 Å². The number of piperazine rings is 1. The molecule has 0 radical (unpaired) electrons. The van der Waals surface area contributed by atoms with Gasteiger partial charge in [0.2, 0.25) is 0 Å². The van der Waals surface area contributed by atoms with E-state index in [0.29, 0.717) is 0 Å². The topological polar surface area (TPSA) is 32.8 Å². The second-order valence-electron chi connectivity index (χ2n) is 5.47. The van der Waals surface area contributed by atoms with E-state index < -0.39 is 0 Å². The molecule has 1 unspecified atom stereocenters. The first kappa shape index (κ1) is 12.8. The average molecular weight is 240 g/mol. The summed E-state index contributed by atoms with van der Waals surface area (Å²) in [7, 11) is 1.46. The van der Waals surface area contributed by atoms with Crippen LogP contribution in [0.4, 0.5) is 0 Å². The van der Waals surface area contributed by atoms with E-state index in [0.717, 1.165) is 38.6 Å². The Morgan fingerprint density at radius 1 is 1.24 bits per heavy atom. The molecule has 0 aromatic rings. The summed E-state index contributed by atoms with van der Waals surface area (Å²) in [5.41, 5.74) is 0. The maximum Gasteiger partial charge on any atom is 0.309 e. The van der Waals surface area contributed by atoms with Gasteiger partial charge in [0.15, 0.2) is 0 Å². The minimum absolute atomic E-state index is 0.00465. The molecule has 2 aliphatic rings. The molecule has 0 N–H and O–H groups in total. The minimum Gasteiger partial charge on any atom is -0.469 e. The summed E-state index contributed by atoms with van der Waals surface area (Å²) < 4.78 is 4.76. The molecule has 1 saturated carbocycles. The van der Waals surface area contributed by atoms with Crippen LogP contribution in [-0.2, 0) is 9.53 Å². The summed E-state index contributed by atoms with van der Waals surface area (Å²) in [5, 5.41) is 0. The Kier molecular flexibility index (Phi) is 4.40. The van der Waals surface area contributed by atoms with E-state index in [1.165, 1.54) is 26.5 Å². The van der Waals surface area contributed by atoms with Gasteiger partial charge in [-0.05, 0) is 18.8 Å². The second kappa shape index (κ2) is 5.83. The number of hydrogen-bond acceptors (Lipinski definition) is 4. The lowest BCUT2D eigenvalue weighted by molar-refractivity contribution is -0.145. The molecule has 0 amide bonds. The average Bonchev–Trinajstić information content (AvgIpc) is 3.14. The Bertz CT molecular complexity index is 258. The summed E-state index contributed by atoms with van der Waals surface area (Å²) in [5.74, 6) is 0.885. The van der Waals surface area contributed by atoms with Gasteiger partial charge >= 0.3 is 5.97 Å². The van der Waals surface area contributed by atoms with Crippen LogP contribution in [0.5, 0.6) is 0 Å². The molecule has 98 valence electrons. The van der Waals surface area contributed by atoms with Gasteiger partial charge < -0.3 is 9.64 Å². The second-order valence-corrected chi connectivity index (χ2v) is 5.47. The van der Waals surface area contributed by atoms with E-state index in [9.17, 15) is 4.79 Å². The molecular weight excluding hydrogens is 216 g/mol. The number of carbonyl (C=O) groups is 1. The van der Waals surface area contributed by atoms with E-state index in [2.05, 4.69) is 9.80 Å². The van der Waals surface area contributed by atoms with Crippen LogP contribution >= 0.6 is 0 Å². The lowest BCUT2D eigenvalue weighted by Crippen LogP contribution is -2.48. The van der Waals surface area contributed by atoms with E-state index in [1.54, 1.807) is 0 Å². The normalized spacial score (nSPS) is 24.6. The molecule has 1 atom stereocenters. The molecule has 17 heavy (non-hydrogen) atoms. The van der Waals surface area contributed by atoms with E-state index in [1.807, 2.05) is 6.92 Å². The molecule has 4 heteroatoms. The van der Waals surface area contributed by atoms with E-state index in [4.69, 9.17) is 4.74 Å². The molecule has 1 aliphatic carbocycles. The van der Waals surface area contributed by atoms with Crippen LogP contribution in [-0.4, -0.2) is 62.1 Å². The van der Waals surface area contributed by atoms with Crippen LogP contribution in [0.1, 0.15) is 19.8 Å². The fourth-order valence-electron chi connectivity index (χ4n) is 2.48. The molecule has 0 aromatic heterocycles. The van der Waals surface area contributed by atoms with Gasteiger partial charge in [0.05, 0.1) is 13.0 Å². The minimum atomic E-state index is -0.0922. The van der Waals surface area contributed by atoms with Crippen molar-refractivity contribution in [2.24, 2.45) is 11.8 Å². The fraction of sp³-hybridized carbons (Fsp3) is 0.923. The standard InChI is InChI=1S/C13H24N2O2/c1-11(13(16)17-2)9-14-5-7-15(8-6-14)10-12-3-4-12/h11-12H,3-10H2,1-2H3. The van der Waals surface area contributed by atoms with Crippen molar-refractivity contribution in [1.29, 1.82) is 0 Å². The first-order valence-electron chi connectivity index (χ1n) is 6.71. The summed E-state index contributed by atoms with van der Waals surface area (Å²) in [4.78, 5) is 16.3. The highest BCUT2D eigenvalue weighted by atomic mass is 16.5. The number of hydrogen-bond donors (Lipinski definition) is 0. The third-order valence-corrected chi connectivity index (χ3v) is 3.81. The van der Waals surface area contributed by atoms with Crippen LogP contribution < -0.4 is 0 Å². The highest BCUT2D eigenvalue weighted by molar-refractivity contribution is 5.72. The van der Waals surface area contributed by atoms with Crippen LogP contribution in [0.2, 0.25) is 0 Å². The van der Waals surface area contributed by atoms with Crippen molar-refractivity contribution in [1.82, 2.24) is 9.80 Å². The zero-order valence-corrected chi connectivity index (χ0v) is 11.0. The Labute approximate surface area is 104 Å². The summed E-state index contributed by atoms with van der Waals surface area (Å²) in [6, 6.07) is 0. The number of rotatable bonds is 5. The van der Waals surface area contributed by atoms with Gasteiger partial charge in [0.25, 0.3) is 0 Å². The van der Waals surface area contributed by atoms with Crippen molar-refractivity contribution in [2.75, 3.05) is 46.4 Å². The van der Waals surface area contributed by atoms with Gasteiger partial charge in [0.1, 0.15) is 0 Å². The molecule has 1 aliphatic heterocycles. The zero-order chi connectivity index (χ0) is 12.3. The third kappa shape index (κ3) is 3.96. The lowest BCUT2D eigenvalue weighted by Gasteiger charge is -2.35. The predicted octanol–water partition coefficient (Wildman–Crippen LogP) is 0.823. The monoisotopic (exact) mass is 240 g/mol. The Morgan fingerprint density at radius 3 is 2.35 bits per heavy atom. The Balaban J connectivity index is 1.65. The molecule has 0 aromatic carbocycles. The lowest BCUT2D eigenvalue weighted by atomic mass is 10.1. The van der Waals surface area contributed by atoms with Crippen LogP contribution in [0.3, 0.4) is 0 Å². The maximum atomic E-state index is 11.3. The molecule has 1 saturated heterocycles. The smallest absolute Gasteiger partial charge is 0.309 e. The summed E-state index contributed by atoms with van der Waals surface area (Å²) >= 11 is 0. The molecular formula is C13H24N2O2. The number of carbonyl (C=O) groups excluding carboxylic acids is 1. The molecule has 2 rings (SSSR count). The molecule has 0 bridgehead atoms. The fourth-order valence-corrected chi connectivity index (χ4v) is 2.48. The van der Waals surface area contributed by atoms with Gasteiger partial charge in [0, 0.05) is 39.3 Å². The molecule has 2 fully saturated rings. The van der Waals surface area contributed by atoms with E-state index >= 15 is 0 Å². The number of nitrogens with zero attached hydrogens (tertiary/aromatic N) is 2. The van der Waals surface area contributed by atoms with Crippen molar-refractivity contribution in [2.45, 2.75) is 19.8 Å². The SMILES string of the molecule is COC(=O)C(C)CN1CCN(CC2CC2)CC1. The van der Waals surface area contributed by atoms with Gasteiger partial charge in [-0.15, -0.1) is 0 Å². The van der Waals surface area contributed by atoms with E-state index in [-0.39, 0.29) is 11.9 Å². The van der Waals surface area contributed by atoms with Crippen LogP contribution in [0, 0.1) is 11.8 Å². The van der Waals surface area contributed by atoms with Crippen LogP contribution in [0.15, 0.2) is 0 Å². The predicted molar refractivity (Wildman–Crippen MR) is 66.8 cm³/mol. The molecule has 4 nitrogen and oxygen atoms in total. The Hall–Kier alpha value is -0.610. The van der Waals surface area contributed by atoms with Crippen molar-refractivity contribution >= 4 is 5.97 Å². The third-order valence-electron chi connectivity index (χ3n) is 3.81. The Morgan fingerprint density at radius 2 is 1.82 bits per heavy atom. The van der Waals surface area contributed by atoms with Gasteiger partial charge in [-0.3, -0.25) is 9.69 Å². The number of methoxy groups -OCH3 is 1. The maximum absolute atomic E-state index is 11.3. The quantitative estimate of drug-likeness (QED) is 0.666. The van der Waals surface area contributed by atoms with Gasteiger partial charge in [-0.1, -0.05) is 6.92 Å². The highest BCUT2D eigenvalue weighted by Gasteiger charge is 2.27. The molecule has 1 heterocycles.